The highest BCUT2D eigenvalue weighted by atomic mass is 19.2. The Kier molecular flexibility index (Phi) is 7.23. The van der Waals surface area contributed by atoms with Crippen molar-refractivity contribution in [2.75, 3.05) is 13.1 Å². The number of halogens is 2. The summed E-state index contributed by atoms with van der Waals surface area (Å²) in [7, 11) is 1.85. The summed E-state index contributed by atoms with van der Waals surface area (Å²) < 4.78 is 37.0. The molecule has 2 atom stereocenters. The Morgan fingerprint density at radius 3 is 2.61 bits per heavy atom. The molecule has 1 saturated heterocycles. The molecule has 1 N–H and O–H groups in total. The molecule has 10 heteroatoms. The summed E-state index contributed by atoms with van der Waals surface area (Å²) >= 11 is 0. The van der Waals surface area contributed by atoms with Crippen LogP contribution in [-0.4, -0.2) is 49.5 Å². The second-order valence-electron chi connectivity index (χ2n) is 10.5. The molecule has 2 aromatic carbocycles. The summed E-state index contributed by atoms with van der Waals surface area (Å²) in [5.74, 6) is -1.40. The maximum Gasteiger partial charge on any atom is 0.226 e. The number of nitrogens with one attached hydrogen (secondary N) is 1. The largest absolute Gasteiger partial charge is 0.468 e. The van der Waals surface area contributed by atoms with Gasteiger partial charge >= 0.3 is 0 Å². The van der Waals surface area contributed by atoms with Crippen molar-refractivity contribution in [3.8, 4) is 16.9 Å². The molecule has 0 bridgehead atoms. The molecular weight excluding hydrogens is 526 g/mol. The van der Waals surface area contributed by atoms with Crippen LogP contribution in [0, 0.1) is 18.6 Å². The van der Waals surface area contributed by atoms with Crippen LogP contribution in [0.15, 0.2) is 83.7 Å². The Morgan fingerprint density at radius 1 is 1.07 bits per heavy atom. The van der Waals surface area contributed by atoms with Gasteiger partial charge in [-0.25, -0.2) is 13.5 Å². The Bertz CT molecular complexity index is 1660. The van der Waals surface area contributed by atoms with Crippen LogP contribution < -0.4 is 5.32 Å². The second-order valence-corrected chi connectivity index (χ2v) is 10.5. The second kappa shape index (κ2) is 11.1. The Hall–Kier alpha value is -4.57. The van der Waals surface area contributed by atoms with Crippen LogP contribution in [0.25, 0.3) is 16.9 Å². The highest BCUT2D eigenvalue weighted by molar-refractivity contribution is 5.80. The Balaban J connectivity index is 1.28. The van der Waals surface area contributed by atoms with E-state index in [0.29, 0.717) is 25.2 Å². The number of carbonyl (C=O) groups excluding carboxylic acids is 1. The van der Waals surface area contributed by atoms with E-state index >= 15 is 0 Å². The third-order valence-electron chi connectivity index (χ3n) is 7.62. The molecule has 1 fully saturated rings. The zero-order valence-electron chi connectivity index (χ0n) is 22.8. The van der Waals surface area contributed by atoms with Crippen molar-refractivity contribution in [1.82, 2.24) is 29.8 Å². The van der Waals surface area contributed by atoms with Crippen molar-refractivity contribution in [2.24, 2.45) is 7.05 Å². The predicted octanol–water partition coefficient (Wildman–Crippen LogP) is 4.78. The van der Waals surface area contributed by atoms with Crippen molar-refractivity contribution in [1.29, 1.82) is 0 Å². The van der Waals surface area contributed by atoms with E-state index in [-0.39, 0.29) is 24.3 Å². The molecule has 1 aliphatic heterocycles. The van der Waals surface area contributed by atoms with Gasteiger partial charge in [0.05, 0.1) is 42.5 Å². The first-order chi connectivity index (χ1) is 19.9. The molecule has 0 spiro atoms. The van der Waals surface area contributed by atoms with Gasteiger partial charge in [-0.1, -0.05) is 24.3 Å². The van der Waals surface area contributed by atoms with Gasteiger partial charge in [0.15, 0.2) is 11.6 Å². The first-order valence-electron chi connectivity index (χ1n) is 13.5. The van der Waals surface area contributed by atoms with E-state index in [0.717, 1.165) is 40.0 Å². The first kappa shape index (κ1) is 26.6. The van der Waals surface area contributed by atoms with E-state index in [2.05, 4.69) is 15.3 Å². The minimum Gasteiger partial charge on any atom is -0.468 e. The lowest BCUT2D eigenvalue weighted by Gasteiger charge is -2.21. The van der Waals surface area contributed by atoms with E-state index in [1.54, 1.807) is 23.2 Å². The van der Waals surface area contributed by atoms with Crippen molar-refractivity contribution in [3.05, 3.63) is 114 Å². The average molecular weight is 557 g/mol. The van der Waals surface area contributed by atoms with Gasteiger partial charge in [-0.3, -0.25) is 14.4 Å². The third kappa shape index (κ3) is 5.55. The molecule has 1 amide bonds. The minimum atomic E-state index is -0.901. The Labute approximate surface area is 236 Å². The molecule has 1 aliphatic rings. The topological polar surface area (TPSA) is 81.1 Å². The van der Waals surface area contributed by atoms with Gasteiger partial charge in [-0.05, 0) is 54.4 Å². The van der Waals surface area contributed by atoms with Crippen molar-refractivity contribution in [3.63, 3.8) is 0 Å². The number of aromatic nitrogens is 4. The van der Waals surface area contributed by atoms with E-state index < -0.39 is 11.6 Å². The normalized spacial score (nSPS) is 17.3. The number of aryl methyl sites for hydroxylation is 1. The summed E-state index contributed by atoms with van der Waals surface area (Å²) in [6, 6.07) is 17.1. The van der Waals surface area contributed by atoms with Gasteiger partial charge in [0, 0.05) is 43.9 Å². The summed E-state index contributed by atoms with van der Waals surface area (Å²) in [4.78, 5) is 15.8. The van der Waals surface area contributed by atoms with Gasteiger partial charge in [-0.15, -0.1) is 0 Å². The van der Waals surface area contributed by atoms with Gasteiger partial charge in [0.2, 0.25) is 5.91 Å². The number of carbonyl (C=O) groups is 1. The van der Waals surface area contributed by atoms with Crippen LogP contribution >= 0.6 is 0 Å². The zero-order chi connectivity index (χ0) is 28.5. The fourth-order valence-corrected chi connectivity index (χ4v) is 5.61. The standard InChI is InChI=1S/C31H30F2N6O2/c1-20-29(39(23-7-4-3-5-8-23)36-31(20)22-15-34-37(2)16-22)14-30(40)35-28-19-38(17-24-9-6-12-41-24)18-25(28)21-10-11-26(32)27(33)13-21/h3-13,15-16,25,28H,14,17-19H2,1-2H3,(H,35,40)/t25-,28+/m0/s1. The lowest BCUT2D eigenvalue weighted by molar-refractivity contribution is -0.121. The maximum absolute atomic E-state index is 14.2. The molecule has 8 nitrogen and oxygen atoms in total. The number of benzene rings is 2. The number of hydrogen-bond donors (Lipinski definition) is 1. The molecule has 41 heavy (non-hydrogen) atoms. The molecule has 5 aromatic rings. The molecule has 6 rings (SSSR count). The van der Waals surface area contributed by atoms with Gasteiger partial charge < -0.3 is 9.73 Å². The predicted molar refractivity (Wildman–Crippen MR) is 149 cm³/mol. The van der Waals surface area contributed by atoms with Gasteiger partial charge in [0.1, 0.15) is 5.76 Å². The fourth-order valence-electron chi connectivity index (χ4n) is 5.61. The highest BCUT2D eigenvalue weighted by Gasteiger charge is 2.36. The van der Waals surface area contributed by atoms with Gasteiger partial charge in [-0.2, -0.15) is 10.2 Å². The summed E-state index contributed by atoms with van der Waals surface area (Å²) in [6.07, 6.45) is 5.36. The quantitative estimate of drug-likeness (QED) is 0.298. The summed E-state index contributed by atoms with van der Waals surface area (Å²) in [5, 5.41) is 12.3. The first-order valence-corrected chi connectivity index (χ1v) is 13.5. The lowest BCUT2D eigenvalue weighted by atomic mass is 9.94. The molecule has 4 heterocycles. The molecule has 0 aliphatic carbocycles. The van der Waals surface area contributed by atoms with E-state index in [1.165, 1.54) is 6.07 Å². The highest BCUT2D eigenvalue weighted by Crippen LogP contribution is 2.31. The third-order valence-corrected chi connectivity index (χ3v) is 7.62. The number of para-hydroxylation sites is 1. The molecule has 0 radical (unpaired) electrons. The molecule has 0 saturated carbocycles. The number of furan rings is 1. The zero-order valence-corrected chi connectivity index (χ0v) is 22.8. The Morgan fingerprint density at radius 2 is 1.90 bits per heavy atom. The van der Waals surface area contributed by atoms with Crippen LogP contribution in [0.2, 0.25) is 0 Å². The van der Waals surface area contributed by atoms with Crippen LogP contribution in [0.5, 0.6) is 0 Å². The van der Waals surface area contributed by atoms with Crippen molar-refractivity contribution >= 4 is 5.91 Å². The summed E-state index contributed by atoms with van der Waals surface area (Å²) in [5.41, 5.74) is 4.76. The van der Waals surface area contributed by atoms with Gasteiger partial charge in [0.25, 0.3) is 0 Å². The average Bonchev–Trinajstić information content (AvgIpc) is 3.76. The number of likely N-dealkylation sites (tertiary alicyclic amines) is 1. The monoisotopic (exact) mass is 556 g/mol. The minimum absolute atomic E-state index is 0.0904. The number of amides is 1. The van der Waals surface area contributed by atoms with Crippen LogP contribution in [0.3, 0.4) is 0 Å². The van der Waals surface area contributed by atoms with Crippen LogP contribution in [-0.2, 0) is 24.8 Å². The number of hydrogen-bond acceptors (Lipinski definition) is 5. The molecule has 210 valence electrons. The van der Waals surface area contributed by atoms with Crippen molar-refractivity contribution in [2.45, 2.75) is 31.8 Å². The summed E-state index contributed by atoms with van der Waals surface area (Å²) in [6.45, 7) is 3.60. The van der Waals surface area contributed by atoms with Crippen molar-refractivity contribution < 1.29 is 18.0 Å². The van der Waals surface area contributed by atoms with E-state index in [4.69, 9.17) is 9.52 Å². The molecule has 3 aromatic heterocycles. The van der Waals surface area contributed by atoms with E-state index in [1.807, 2.05) is 67.3 Å². The fraction of sp³-hybridized carbons (Fsp3) is 0.258. The van der Waals surface area contributed by atoms with E-state index in [9.17, 15) is 13.6 Å². The van der Waals surface area contributed by atoms with Crippen LogP contribution in [0.1, 0.15) is 28.5 Å². The molecular formula is C31H30F2N6O2. The maximum atomic E-state index is 14.2. The van der Waals surface area contributed by atoms with Crippen LogP contribution in [0.4, 0.5) is 8.78 Å². The lowest BCUT2D eigenvalue weighted by Crippen LogP contribution is -2.41. The molecule has 0 unspecified atom stereocenters. The smallest absolute Gasteiger partial charge is 0.226 e. The SMILES string of the molecule is Cc1c(-c2cnn(C)c2)nn(-c2ccccc2)c1CC(=O)N[C@@H]1CN(Cc2ccco2)C[C@H]1c1ccc(F)c(F)c1. The number of nitrogens with zero attached hydrogens (tertiary/aromatic N) is 5. The number of rotatable bonds is 8.